The Bertz CT molecular complexity index is 561. The van der Waals surface area contributed by atoms with Crippen molar-refractivity contribution >= 4 is 33.2 Å². The molecular weight excluding hydrogens is 256 g/mol. The van der Waals surface area contributed by atoms with Gasteiger partial charge < -0.3 is 0 Å². The molecule has 0 atom stereocenters. The van der Waals surface area contributed by atoms with Crippen LogP contribution in [0.3, 0.4) is 0 Å². The Morgan fingerprint density at radius 2 is 2.24 bits per heavy atom. The SMILES string of the molecule is Cc1csc2c(=O)n(CCCCCCl)cnc12. The maximum Gasteiger partial charge on any atom is 0.271 e. The molecule has 0 aliphatic heterocycles. The molecule has 0 amide bonds. The molecule has 2 aromatic heterocycles. The molecular formula is C12H15ClN2OS. The third kappa shape index (κ3) is 2.69. The van der Waals surface area contributed by atoms with E-state index in [4.69, 9.17) is 11.6 Å². The highest BCUT2D eigenvalue weighted by Crippen LogP contribution is 2.19. The van der Waals surface area contributed by atoms with E-state index in [1.165, 1.54) is 11.3 Å². The van der Waals surface area contributed by atoms with Crippen molar-refractivity contribution in [3.8, 4) is 0 Å². The molecule has 92 valence electrons. The van der Waals surface area contributed by atoms with Gasteiger partial charge in [0.25, 0.3) is 5.56 Å². The molecule has 0 saturated carbocycles. The molecule has 0 aromatic carbocycles. The van der Waals surface area contributed by atoms with Crippen molar-refractivity contribution in [2.45, 2.75) is 32.7 Å². The second kappa shape index (κ2) is 5.65. The molecule has 0 aliphatic carbocycles. The first-order chi connectivity index (χ1) is 8.24. The number of alkyl halides is 1. The molecule has 0 N–H and O–H groups in total. The fourth-order valence-corrected chi connectivity index (χ4v) is 2.91. The van der Waals surface area contributed by atoms with Crippen molar-refractivity contribution in [2.24, 2.45) is 0 Å². The van der Waals surface area contributed by atoms with Crippen LogP contribution in [0.25, 0.3) is 10.2 Å². The van der Waals surface area contributed by atoms with Gasteiger partial charge in [0.1, 0.15) is 4.70 Å². The van der Waals surface area contributed by atoms with E-state index >= 15 is 0 Å². The van der Waals surface area contributed by atoms with E-state index in [2.05, 4.69) is 4.98 Å². The van der Waals surface area contributed by atoms with E-state index in [0.717, 1.165) is 41.6 Å². The molecule has 0 aliphatic rings. The lowest BCUT2D eigenvalue weighted by molar-refractivity contribution is 0.585. The van der Waals surface area contributed by atoms with Crippen molar-refractivity contribution < 1.29 is 0 Å². The molecule has 0 fully saturated rings. The highest BCUT2D eigenvalue weighted by molar-refractivity contribution is 7.17. The maximum absolute atomic E-state index is 12.1. The fraction of sp³-hybridized carbons (Fsp3) is 0.500. The van der Waals surface area contributed by atoms with E-state index in [9.17, 15) is 4.79 Å². The quantitative estimate of drug-likeness (QED) is 0.618. The summed E-state index contributed by atoms with van der Waals surface area (Å²) >= 11 is 7.10. The van der Waals surface area contributed by atoms with Crippen LogP contribution in [0.2, 0.25) is 0 Å². The molecule has 0 radical (unpaired) electrons. The molecule has 2 aromatic rings. The standard InChI is InChI=1S/C12H15ClN2OS/c1-9-7-17-11-10(9)14-8-15(12(11)16)6-4-2-3-5-13/h7-8H,2-6H2,1H3. The number of aryl methyl sites for hydroxylation is 2. The predicted molar refractivity (Wildman–Crippen MR) is 73.2 cm³/mol. The average Bonchev–Trinajstić information content (AvgIpc) is 2.70. The molecule has 0 unspecified atom stereocenters. The van der Waals surface area contributed by atoms with Gasteiger partial charge in [0.2, 0.25) is 0 Å². The molecule has 0 spiro atoms. The summed E-state index contributed by atoms with van der Waals surface area (Å²) in [6.45, 7) is 2.71. The Kier molecular flexibility index (Phi) is 4.18. The van der Waals surface area contributed by atoms with Crippen LogP contribution in [0, 0.1) is 6.92 Å². The van der Waals surface area contributed by atoms with Crippen molar-refractivity contribution in [3.05, 3.63) is 27.6 Å². The second-order valence-corrected chi connectivity index (χ2v) is 5.35. The number of thiophene rings is 1. The van der Waals surface area contributed by atoms with Crippen LogP contribution in [0.4, 0.5) is 0 Å². The first kappa shape index (κ1) is 12.6. The topological polar surface area (TPSA) is 34.9 Å². The summed E-state index contributed by atoms with van der Waals surface area (Å²) in [6, 6.07) is 0. The lowest BCUT2D eigenvalue weighted by Gasteiger charge is -2.04. The number of fused-ring (bicyclic) bond motifs is 1. The summed E-state index contributed by atoms with van der Waals surface area (Å²) in [4.78, 5) is 16.5. The van der Waals surface area contributed by atoms with Gasteiger partial charge in [-0.25, -0.2) is 4.98 Å². The van der Waals surface area contributed by atoms with Gasteiger partial charge in [0.15, 0.2) is 0 Å². The fourth-order valence-electron chi connectivity index (χ4n) is 1.77. The Balaban J connectivity index is 2.18. The number of nitrogens with zero attached hydrogens (tertiary/aromatic N) is 2. The van der Waals surface area contributed by atoms with Gasteiger partial charge in [-0.3, -0.25) is 9.36 Å². The number of aromatic nitrogens is 2. The Labute approximate surface area is 109 Å². The van der Waals surface area contributed by atoms with Gasteiger partial charge in [-0.1, -0.05) is 6.42 Å². The number of hydrogen-bond acceptors (Lipinski definition) is 3. The van der Waals surface area contributed by atoms with Crippen LogP contribution < -0.4 is 5.56 Å². The zero-order chi connectivity index (χ0) is 12.3. The monoisotopic (exact) mass is 270 g/mol. The van der Waals surface area contributed by atoms with Crippen LogP contribution in [0.15, 0.2) is 16.5 Å². The smallest absolute Gasteiger partial charge is 0.271 e. The molecule has 3 nitrogen and oxygen atoms in total. The lowest BCUT2D eigenvalue weighted by atomic mass is 10.2. The number of hydrogen-bond donors (Lipinski definition) is 0. The highest BCUT2D eigenvalue weighted by atomic mass is 35.5. The van der Waals surface area contributed by atoms with E-state index in [1.807, 2.05) is 12.3 Å². The molecule has 17 heavy (non-hydrogen) atoms. The maximum atomic E-state index is 12.1. The molecule has 2 rings (SSSR count). The van der Waals surface area contributed by atoms with E-state index in [-0.39, 0.29) is 5.56 Å². The van der Waals surface area contributed by atoms with Crippen molar-refractivity contribution in [3.63, 3.8) is 0 Å². The van der Waals surface area contributed by atoms with Crippen LogP contribution in [-0.4, -0.2) is 15.4 Å². The summed E-state index contributed by atoms with van der Waals surface area (Å²) in [5.41, 5.74) is 2.01. The number of halogens is 1. The average molecular weight is 271 g/mol. The van der Waals surface area contributed by atoms with Crippen LogP contribution in [-0.2, 0) is 6.54 Å². The zero-order valence-corrected chi connectivity index (χ0v) is 11.4. The predicted octanol–water partition coefficient (Wildman–Crippen LogP) is 3.18. The summed E-state index contributed by atoms with van der Waals surface area (Å²) in [6.07, 6.45) is 4.69. The number of unbranched alkanes of at least 4 members (excludes halogenated alkanes) is 2. The van der Waals surface area contributed by atoms with Gasteiger partial charge >= 0.3 is 0 Å². The van der Waals surface area contributed by atoms with Crippen molar-refractivity contribution in [1.29, 1.82) is 0 Å². The largest absolute Gasteiger partial charge is 0.298 e. The normalized spacial score (nSPS) is 11.2. The summed E-state index contributed by atoms with van der Waals surface area (Å²) in [5, 5.41) is 1.98. The van der Waals surface area contributed by atoms with E-state index in [0.29, 0.717) is 5.88 Å². The minimum Gasteiger partial charge on any atom is -0.298 e. The Hall–Kier alpha value is -0.870. The molecule has 0 saturated heterocycles. The highest BCUT2D eigenvalue weighted by Gasteiger charge is 2.07. The Morgan fingerprint density at radius 1 is 1.41 bits per heavy atom. The summed E-state index contributed by atoms with van der Waals surface area (Å²) < 4.78 is 2.47. The molecule has 0 bridgehead atoms. The van der Waals surface area contributed by atoms with Gasteiger partial charge in [-0.2, -0.15) is 0 Å². The third-order valence-electron chi connectivity index (χ3n) is 2.76. The minimum atomic E-state index is 0.0824. The molecule has 5 heteroatoms. The van der Waals surface area contributed by atoms with E-state index < -0.39 is 0 Å². The zero-order valence-electron chi connectivity index (χ0n) is 9.78. The van der Waals surface area contributed by atoms with Crippen LogP contribution >= 0.6 is 22.9 Å². The van der Waals surface area contributed by atoms with Gasteiger partial charge in [0, 0.05) is 12.4 Å². The first-order valence-corrected chi connectivity index (χ1v) is 7.14. The Morgan fingerprint density at radius 3 is 3.00 bits per heavy atom. The van der Waals surface area contributed by atoms with Gasteiger partial charge in [-0.15, -0.1) is 22.9 Å². The van der Waals surface area contributed by atoms with Gasteiger partial charge in [0.05, 0.1) is 11.8 Å². The minimum absolute atomic E-state index is 0.0824. The van der Waals surface area contributed by atoms with Crippen molar-refractivity contribution in [1.82, 2.24) is 9.55 Å². The van der Waals surface area contributed by atoms with Crippen LogP contribution in [0.5, 0.6) is 0 Å². The van der Waals surface area contributed by atoms with Gasteiger partial charge in [-0.05, 0) is 30.7 Å². The summed E-state index contributed by atoms with van der Waals surface area (Å²) in [7, 11) is 0. The van der Waals surface area contributed by atoms with E-state index in [1.54, 1.807) is 10.9 Å². The number of rotatable bonds is 5. The molecule has 2 heterocycles. The first-order valence-electron chi connectivity index (χ1n) is 5.73. The lowest BCUT2D eigenvalue weighted by Crippen LogP contribution is -2.19. The second-order valence-electron chi connectivity index (χ2n) is 4.09. The van der Waals surface area contributed by atoms with Crippen molar-refractivity contribution in [2.75, 3.05) is 5.88 Å². The summed E-state index contributed by atoms with van der Waals surface area (Å²) in [5.74, 6) is 0.691. The van der Waals surface area contributed by atoms with Crippen LogP contribution in [0.1, 0.15) is 24.8 Å². The third-order valence-corrected chi connectivity index (χ3v) is 4.10.